The van der Waals surface area contributed by atoms with Gasteiger partial charge in [0.05, 0.1) is 12.7 Å². The zero-order chi connectivity index (χ0) is 12.4. The average molecular weight is 241 g/mol. The molecule has 2 N–H and O–H groups in total. The highest BCUT2D eigenvalue weighted by atomic mass is 19.1. The molecule has 0 fully saturated rings. The van der Waals surface area contributed by atoms with Crippen LogP contribution in [0.4, 0.5) is 13.2 Å². The maximum absolute atomic E-state index is 13.3. The van der Waals surface area contributed by atoms with Crippen molar-refractivity contribution in [3.63, 3.8) is 0 Å². The van der Waals surface area contributed by atoms with Crippen LogP contribution >= 0.6 is 0 Å². The quantitative estimate of drug-likeness (QED) is 0.890. The Hall–Kier alpha value is -1.82. The van der Waals surface area contributed by atoms with Crippen LogP contribution in [0.15, 0.2) is 24.5 Å². The predicted octanol–water partition coefficient (Wildman–Crippen LogP) is 1.81. The third kappa shape index (κ3) is 2.47. The second-order valence-electron chi connectivity index (χ2n) is 3.60. The van der Waals surface area contributed by atoms with E-state index in [2.05, 4.69) is 5.10 Å². The van der Waals surface area contributed by atoms with Gasteiger partial charge in [0, 0.05) is 36.0 Å². The summed E-state index contributed by atoms with van der Waals surface area (Å²) < 4.78 is 40.7. The molecular formula is C11H10F3N3. The van der Waals surface area contributed by atoms with Gasteiger partial charge < -0.3 is 5.73 Å². The molecule has 2 rings (SSSR count). The lowest BCUT2D eigenvalue weighted by Crippen LogP contribution is -2.06. The molecule has 0 bridgehead atoms. The molecule has 1 heterocycles. The fourth-order valence-corrected chi connectivity index (χ4v) is 1.48. The van der Waals surface area contributed by atoms with Gasteiger partial charge in [0.1, 0.15) is 17.5 Å². The minimum atomic E-state index is -0.938. The highest BCUT2D eigenvalue weighted by Gasteiger charge is 2.12. The molecule has 0 aliphatic rings. The molecular weight excluding hydrogens is 231 g/mol. The number of hydrogen-bond donors (Lipinski definition) is 1. The van der Waals surface area contributed by atoms with Gasteiger partial charge in [-0.15, -0.1) is 0 Å². The number of rotatable bonds is 3. The van der Waals surface area contributed by atoms with Crippen molar-refractivity contribution in [1.82, 2.24) is 9.78 Å². The lowest BCUT2D eigenvalue weighted by atomic mass is 10.2. The molecule has 0 aliphatic heterocycles. The van der Waals surface area contributed by atoms with E-state index in [4.69, 9.17) is 5.73 Å². The maximum atomic E-state index is 13.3. The zero-order valence-corrected chi connectivity index (χ0v) is 8.83. The van der Waals surface area contributed by atoms with Crippen molar-refractivity contribution in [2.45, 2.75) is 13.1 Å². The van der Waals surface area contributed by atoms with Crippen molar-refractivity contribution in [3.05, 3.63) is 53.1 Å². The molecule has 1 aromatic carbocycles. The van der Waals surface area contributed by atoms with E-state index in [1.54, 1.807) is 6.20 Å². The van der Waals surface area contributed by atoms with Crippen molar-refractivity contribution in [2.75, 3.05) is 0 Å². The molecule has 0 spiro atoms. The van der Waals surface area contributed by atoms with Crippen LogP contribution in [0.2, 0.25) is 0 Å². The molecule has 0 aliphatic carbocycles. The van der Waals surface area contributed by atoms with Crippen LogP contribution in [0.5, 0.6) is 0 Å². The predicted molar refractivity (Wildman–Crippen MR) is 55.5 cm³/mol. The Kier molecular flexibility index (Phi) is 3.14. The van der Waals surface area contributed by atoms with Crippen molar-refractivity contribution in [2.24, 2.45) is 5.73 Å². The van der Waals surface area contributed by atoms with E-state index in [9.17, 15) is 13.2 Å². The first-order valence-electron chi connectivity index (χ1n) is 4.95. The molecule has 0 atom stereocenters. The molecule has 0 saturated heterocycles. The Morgan fingerprint density at radius 2 is 1.82 bits per heavy atom. The average Bonchev–Trinajstić information content (AvgIpc) is 2.71. The van der Waals surface area contributed by atoms with Crippen molar-refractivity contribution in [3.8, 4) is 0 Å². The second kappa shape index (κ2) is 4.58. The Balaban J connectivity index is 2.29. The molecule has 17 heavy (non-hydrogen) atoms. The van der Waals surface area contributed by atoms with Crippen LogP contribution in [-0.2, 0) is 13.1 Å². The van der Waals surface area contributed by atoms with Crippen molar-refractivity contribution in [1.29, 1.82) is 0 Å². The summed E-state index contributed by atoms with van der Waals surface area (Å²) in [7, 11) is 0. The van der Waals surface area contributed by atoms with Crippen LogP contribution in [0, 0.1) is 17.5 Å². The van der Waals surface area contributed by atoms with Gasteiger partial charge in [-0.1, -0.05) is 0 Å². The number of halogens is 3. The van der Waals surface area contributed by atoms with Crippen LogP contribution < -0.4 is 5.73 Å². The van der Waals surface area contributed by atoms with Crippen LogP contribution in [0.3, 0.4) is 0 Å². The molecule has 1 aromatic heterocycles. The molecule has 0 saturated carbocycles. The number of aromatic nitrogens is 2. The number of benzene rings is 1. The van der Waals surface area contributed by atoms with E-state index in [-0.39, 0.29) is 12.1 Å². The van der Waals surface area contributed by atoms with Gasteiger partial charge in [-0.05, 0) is 0 Å². The molecule has 0 radical (unpaired) electrons. The normalized spacial score (nSPS) is 10.8. The highest BCUT2D eigenvalue weighted by Crippen LogP contribution is 2.16. The fraction of sp³-hybridized carbons (Fsp3) is 0.182. The monoisotopic (exact) mass is 241 g/mol. The van der Waals surface area contributed by atoms with Gasteiger partial charge in [0.2, 0.25) is 0 Å². The Morgan fingerprint density at radius 1 is 1.18 bits per heavy atom. The molecule has 2 aromatic rings. The fourth-order valence-electron chi connectivity index (χ4n) is 1.48. The van der Waals surface area contributed by atoms with Crippen molar-refractivity contribution >= 4 is 0 Å². The molecule has 3 nitrogen and oxygen atoms in total. The van der Waals surface area contributed by atoms with E-state index < -0.39 is 17.5 Å². The van der Waals surface area contributed by atoms with Gasteiger partial charge in [0.25, 0.3) is 0 Å². The van der Waals surface area contributed by atoms with Crippen LogP contribution in [0.25, 0.3) is 0 Å². The van der Waals surface area contributed by atoms with Gasteiger partial charge in [0.15, 0.2) is 0 Å². The standard InChI is InChI=1S/C11H10F3N3/c12-8-1-10(13)9(11(14)2-8)6-17-5-7(3-15)4-16-17/h1-2,4-5H,3,6,15H2. The first-order valence-corrected chi connectivity index (χ1v) is 4.95. The number of hydrogen-bond acceptors (Lipinski definition) is 2. The third-order valence-electron chi connectivity index (χ3n) is 2.35. The summed E-state index contributed by atoms with van der Waals surface area (Å²) in [6.07, 6.45) is 3.10. The summed E-state index contributed by atoms with van der Waals surface area (Å²) in [6.45, 7) is 0.201. The molecule has 6 heteroatoms. The molecule has 90 valence electrons. The smallest absolute Gasteiger partial charge is 0.134 e. The van der Waals surface area contributed by atoms with E-state index in [0.29, 0.717) is 18.7 Å². The lowest BCUT2D eigenvalue weighted by molar-refractivity contribution is 0.508. The van der Waals surface area contributed by atoms with Gasteiger partial charge in [-0.3, -0.25) is 4.68 Å². The number of nitrogens with zero attached hydrogens (tertiary/aromatic N) is 2. The first kappa shape index (κ1) is 11.7. The maximum Gasteiger partial charge on any atom is 0.134 e. The Morgan fingerprint density at radius 3 is 2.35 bits per heavy atom. The summed E-state index contributed by atoms with van der Waals surface area (Å²) in [5, 5.41) is 3.90. The van der Waals surface area contributed by atoms with E-state index >= 15 is 0 Å². The summed E-state index contributed by atoms with van der Waals surface area (Å²) in [6, 6.07) is 1.29. The lowest BCUT2D eigenvalue weighted by Gasteiger charge is -2.05. The largest absolute Gasteiger partial charge is 0.326 e. The summed E-state index contributed by atoms with van der Waals surface area (Å²) in [4.78, 5) is 0. The number of nitrogens with two attached hydrogens (primary N) is 1. The van der Waals surface area contributed by atoms with E-state index in [0.717, 1.165) is 5.56 Å². The summed E-state index contributed by atoms with van der Waals surface area (Å²) in [5.74, 6) is -2.79. The summed E-state index contributed by atoms with van der Waals surface area (Å²) in [5.41, 5.74) is 5.92. The second-order valence-corrected chi connectivity index (χ2v) is 3.60. The summed E-state index contributed by atoms with van der Waals surface area (Å²) >= 11 is 0. The van der Waals surface area contributed by atoms with Gasteiger partial charge in [-0.2, -0.15) is 5.10 Å². The van der Waals surface area contributed by atoms with Crippen molar-refractivity contribution < 1.29 is 13.2 Å². The Bertz CT molecular complexity index is 514. The third-order valence-corrected chi connectivity index (χ3v) is 2.35. The minimum Gasteiger partial charge on any atom is -0.326 e. The first-order chi connectivity index (χ1) is 8.10. The van der Waals surface area contributed by atoms with E-state index in [1.165, 1.54) is 10.9 Å². The molecule has 0 unspecified atom stereocenters. The zero-order valence-electron chi connectivity index (χ0n) is 8.83. The molecule has 0 amide bonds. The highest BCUT2D eigenvalue weighted by molar-refractivity contribution is 5.21. The Labute approximate surface area is 95.7 Å². The SMILES string of the molecule is NCc1cnn(Cc2c(F)cc(F)cc2F)c1. The van der Waals surface area contributed by atoms with E-state index in [1.807, 2.05) is 0 Å². The van der Waals surface area contributed by atoms with Crippen LogP contribution in [-0.4, -0.2) is 9.78 Å². The topological polar surface area (TPSA) is 43.8 Å². The van der Waals surface area contributed by atoms with Gasteiger partial charge in [-0.25, -0.2) is 13.2 Å². The van der Waals surface area contributed by atoms with Gasteiger partial charge >= 0.3 is 0 Å². The minimum absolute atomic E-state index is 0.0993. The van der Waals surface area contributed by atoms with Crippen LogP contribution in [0.1, 0.15) is 11.1 Å².